The van der Waals surface area contributed by atoms with E-state index in [-0.39, 0.29) is 0 Å². The third-order valence-electron chi connectivity index (χ3n) is 3.76. The van der Waals surface area contributed by atoms with Gasteiger partial charge in [-0.05, 0) is 30.2 Å². The lowest BCUT2D eigenvalue weighted by atomic mass is 9.86. The summed E-state index contributed by atoms with van der Waals surface area (Å²) >= 11 is 5.89. The molecule has 20 heavy (non-hydrogen) atoms. The van der Waals surface area contributed by atoms with E-state index in [0.717, 1.165) is 5.56 Å². The minimum absolute atomic E-state index is 0.428. The normalized spacial score (nSPS) is 19.1. The van der Waals surface area contributed by atoms with Gasteiger partial charge < -0.3 is 0 Å². The molecular formula is C14H16ClFN4. The van der Waals surface area contributed by atoms with E-state index in [9.17, 15) is 4.39 Å². The van der Waals surface area contributed by atoms with Gasteiger partial charge in [0, 0.05) is 25.7 Å². The number of hydrogen-bond donors (Lipinski definition) is 0. The topological polar surface area (TPSA) is 34.0 Å². The summed E-state index contributed by atoms with van der Waals surface area (Å²) in [6.07, 6.45) is 2.51. The van der Waals surface area contributed by atoms with E-state index in [1.807, 2.05) is 31.3 Å². The molecule has 2 heterocycles. The third kappa shape index (κ3) is 2.55. The van der Waals surface area contributed by atoms with Gasteiger partial charge in [0.25, 0.3) is 0 Å². The Labute approximate surface area is 122 Å². The summed E-state index contributed by atoms with van der Waals surface area (Å²) in [7, 11) is 1.82. The fraction of sp³-hybridized carbons (Fsp3) is 0.429. The Morgan fingerprint density at radius 3 is 2.40 bits per heavy atom. The van der Waals surface area contributed by atoms with Gasteiger partial charge in [-0.25, -0.2) is 13.8 Å². The average Bonchev–Trinajstić information content (AvgIpc) is 2.89. The molecule has 0 unspecified atom stereocenters. The highest BCUT2D eigenvalue weighted by Gasteiger charge is 2.35. The van der Waals surface area contributed by atoms with Crippen molar-refractivity contribution in [2.24, 2.45) is 7.05 Å². The van der Waals surface area contributed by atoms with Crippen LogP contribution in [0.3, 0.4) is 0 Å². The highest BCUT2D eigenvalue weighted by atomic mass is 35.5. The van der Waals surface area contributed by atoms with Crippen LogP contribution in [-0.2, 0) is 12.7 Å². The van der Waals surface area contributed by atoms with E-state index in [1.54, 1.807) is 15.4 Å². The van der Waals surface area contributed by atoms with E-state index in [4.69, 9.17) is 11.8 Å². The van der Waals surface area contributed by atoms with Gasteiger partial charge in [0.15, 0.2) is 5.82 Å². The molecule has 1 aliphatic rings. The first-order chi connectivity index (χ1) is 9.57. The number of aryl methyl sites for hydroxylation is 1. The summed E-state index contributed by atoms with van der Waals surface area (Å²) in [5.41, 5.74) is 0.330. The summed E-state index contributed by atoms with van der Waals surface area (Å²) in [6, 6.07) is 7.41. The standard InChI is InChI=1S/C14H16ClFN4/c1-19-10-17-13(18-19)11-2-4-12(5-3-11)14(16)6-8-20(15)9-7-14/h2-5,10H,6-9H2,1H3. The fourth-order valence-corrected chi connectivity index (χ4v) is 2.68. The Morgan fingerprint density at radius 1 is 1.20 bits per heavy atom. The van der Waals surface area contributed by atoms with Crippen molar-refractivity contribution < 1.29 is 4.39 Å². The number of nitrogens with zero attached hydrogens (tertiary/aromatic N) is 4. The molecule has 4 nitrogen and oxygen atoms in total. The van der Waals surface area contributed by atoms with Gasteiger partial charge >= 0.3 is 0 Å². The monoisotopic (exact) mass is 294 g/mol. The number of halogens is 2. The molecule has 0 saturated carbocycles. The zero-order valence-electron chi connectivity index (χ0n) is 11.3. The van der Waals surface area contributed by atoms with Crippen molar-refractivity contribution in [3.8, 4) is 11.4 Å². The molecule has 106 valence electrons. The molecule has 0 atom stereocenters. The van der Waals surface area contributed by atoms with Crippen LogP contribution >= 0.6 is 11.8 Å². The summed E-state index contributed by atoms with van der Waals surface area (Å²) in [4.78, 5) is 4.19. The van der Waals surface area contributed by atoms with Crippen molar-refractivity contribution in [1.29, 1.82) is 0 Å². The lowest BCUT2D eigenvalue weighted by Gasteiger charge is -2.33. The van der Waals surface area contributed by atoms with Gasteiger partial charge in [0.1, 0.15) is 12.0 Å². The van der Waals surface area contributed by atoms with Crippen LogP contribution in [0.1, 0.15) is 18.4 Å². The van der Waals surface area contributed by atoms with E-state index < -0.39 is 5.67 Å². The van der Waals surface area contributed by atoms with E-state index >= 15 is 0 Å². The van der Waals surface area contributed by atoms with E-state index in [2.05, 4.69) is 10.1 Å². The zero-order valence-corrected chi connectivity index (χ0v) is 12.0. The molecule has 0 aliphatic carbocycles. The smallest absolute Gasteiger partial charge is 0.181 e. The fourth-order valence-electron chi connectivity index (χ4n) is 2.51. The summed E-state index contributed by atoms with van der Waals surface area (Å²) < 4.78 is 18.2. The number of benzene rings is 1. The van der Waals surface area contributed by atoms with Crippen LogP contribution in [-0.4, -0.2) is 32.3 Å². The van der Waals surface area contributed by atoms with Gasteiger partial charge in [0.2, 0.25) is 0 Å². The minimum atomic E-state index is -1.28. The zero-order chi connectivity index (χ0) is 14.2. The molecule has 0 amide bonds. The lowest BCUT2D eigenvalue weighted by Crippen LogP contribution is -2.35. The predicted molar refractivity (Wildman–Crippen MR) is 75.9 cm³/mol. The predicted octanol–water partition coefficient (Wildman–Crippen LogP) is 2.90. The van der Waals surface area contributed by atoms with Crippen LogP contribution in [0.15, 0.2) is 30.6 Å². The van der Waals surface area contributed by atoms with E-state index in [1.165, 1.54) is 0 Å². The van der Waals surface area contributed by atoms with Crippen LogP contribution in [0.25, 0.3) is 11.4 Å². The molecule has 0 spiro atoms. The molecule has 1 saturated heterocycles. The van der Waals surface area contributed by atoms with Crippen molar-refractivity contribution in [1.82, 2.24) is 19.2 Å². The molecule has 1 aliphatic heterocycles. The molecule has 0 bridgehead atoms. The lowest BCUT2D eigenvalue weighted by molar-refractivity contribution is 0.0879. The number of hydrogen-bond acceptors (Lipinski definition) is 3. The SMILES string of the molecule is Cn1cnc(-c2ccc(C3(F)CCN(Cl)CC3)cc2)n1. The van der Waals surface area contributed by atoms with Crippen LogP contribution in [0.4, 0.5) is 4.39 Å². The Bertz CT molecular complexity index is 587. The molecular weight excluding hydrogens is 279 g/mol. The Hall–Kier alpha value is -1.46. The maximum Gasteiger partial charge on any atom is 0.181 e. The maximum atomic E-state index is 14.9. The van der Waals surface area contributed by atoms with Crippen LogP contribution in [0, 0.1) is 0 Å². The summed E-state index contributed by atoms with van der Waals surface area (Å²) in [6.45, 7) is 1.14. The molecule has 0 N–H and O–H groups in total. The number of alkyl halides is 1. The van der Waals surface area contributed by atoms with Crippen LogP contribution < -0.4 is 0 Å². The second-order valence-electron chi connectivity index (χ2n) is 5.19. The second-order valence-corrected chi connectivity index (χ2v) is 5.67. The molecule has 1 aromatic heterocycles. The number of rotatable bonds is 2. The van der Waals surface area contributed by atoms with Crippen molar-refractivity contribution in [2.75, 3.05) is 13.1 Å². The summed E-state index contributed by atoms with van der Waals surface area (Å²) in [5.74, 6) is 0.655. The molecule has 1 fully saturated rings. The largest absolute Gasteiger partial charge is 0.255 e. The second kappa shape index (κ2) is 5.14. The van der Waals surface area contributed by atoms with Crippen molar-refractivity contribution in [2.45, 2.75) is 18.5 Å². The van der Waals surface area contributed by atoms with E-state index in [0.29, 0.717) is 37.3 Å². The van der Waals surface area contributed by atoms with Crippen molar-refractivity contribution in [3.63, 3.8) is 0 Å². The summed E-state index contributed by atoms with van der Waals surface area (Å²) in [5, 5.41) is 4.24. The molecule has 3 rings (SSSR count). The minimum Gasteiger partial charge on any atom is -0.255 e. The van der Waals surface area contributed by atoms with Crippen LogP contribution in [0.2, 0.25) is 0 Å². The number of piperidine rings is 1. The Kier molecular flexibility index (Phi) is 3.48. The molecule has 1 aromatic carbocycles. The quantitative estimate of drug-likeness (QED) is 0.799. The van der Waals surface area contributed by atoms with Gasteiger partial charge in [-0.3, -0.25) is 4.68 Å². The van der Waals surface area contributed by atoms with Crippen molar-refractivity contribution in [3.05, 3.63) is 36.2 Å². The number of aromatic nitrogens is 3. The first-order valence-corrected chi connectivity index (χ1v) is 6.97. The Balaban J connectivity index is 1.82. The van der Waals surface area contributed by atoms with Crippen LogP contribution in [0.5, 0.6) is 0 Å². The third-order valence-corrected chi connectivity index (χ3v) is 4.10. The van der Waals surface area contributed by atoms with Gasteiger partial charge in [-0.1, -0.05) is 24.3 Å². The molecule has 6 heteroatoms. The first-order valence-electron chi connectivity index (χ1n) is 6.63. The maximum absolute atomic E-state index is 14.9. The van der Waals surface area contributed by atoms with Gasteiger partial charge in [-0.15, -0.1) is 0 Å². The molecule has 0 radical (unpaired) electrons. The average molecular weight is 295 g/mol. The molecule has 2 aromatic rings. The highest BCUT2D eigenvalue weighted by Crippen LogP contribution is 2.37. The van der Waals surface area contributed by atoms with Crippen molar-refractivity contribution >= 4 is 11.8 Å². The first kappa shape index (κ1) is 13.5. The highest BCUT2D eigenvalue weighted by molar-refractivity contribution is 6.13. The van der Waals surface area contributed by atoms with Gasteiger partial charge in [0.05, 0.1) is 0 Å². The van der Waals surface area contributed by atoms with Gasteiger partial charge in [-0.2, -0.15) is 5.10 Å². The Morgan fingerprint density at radius 2 is 1.85 bits per heavy atom.